The number of nitrogens with one attached hydrogen (secondary N) is 1. The fourth-order valence-electron chi connectivity index (χ4n) is 1.90. The summed E-state index contributed by atoms with van der Waals surface area (Å²) in [6.45, 7) is 4.10. The molecule has 0 fully saturated rings. The van der Waals surface area contributed by atoms with Gasteiger partial charge in [0.15, 0.2) is 0 Å². The minimum absolute atomic E-state index is 0.0267. The van der Waals surface area contributed by atoms with Crippen LogP contribution in [0.2, 0.25) is 5.02 Å². The van der Waals surface area contributed by atoms with Crippen molar-refractivity contribution in [2.24, 2.45) is 0 Å². The van der Waals surface area contributed by atoms with Crippen LogP contribution in [0.25, 0.3) is 11.5 Å². The van der Waals surface area contributed by atoms with Crippen LogP contribution in [0.3, 0.4) is 0 Å². The van der Waals surface area contributed by atoms with Crippen LogP contribution in [-0.4, -0.2) is 27.9 Å². The van der Waals surface area contributed by atoms with Gasteiger partial charge in [0.25, 0.3) is 5.22 Å². The summed E-state index contributed by atoms with van der Waals surface area (Å²) in [5, 5.41) is 11.8. The number of hydrogen-bond donors (Lipinski definition) is 1. The Labute approximate surface area is 138 Å². The SMILES string of the molecule is CCC(CC)NC(=O)CSc1nnc(-c2cccc(Cl)c2)o1. The maximum atomic E-state index is 11.8. The van der Waals surface area contributed by atoms with E-state index >= 15 is 0 Å². The molecule has 0 saturated carbocycles. The molecule has 0 atom stereocenters. The lowest BCUT2D eigenvalue weighted by Crippen LogP contribution is -2.34. The molecular weight excluding hydrogens is 322 g/mol. The van der Waals surface area contributed by atoms with Crippen LogP contribution in [0.5, 0.6) is 0 Å². The van der Waals surface area contributed by atoms with Crippen LogP contribution in [0.15, 0.2) is 33.9 Å². The standard InChI is InChI=1S/C15H18ClN3O2S/c1-3-12(4-2)17-13(20)9-22-15-19-18-14(21-15)10-6-5-7-11(16)8-10/h5-8,12H,3-4,9H2,1-2H3,(H,17,20). The van der Waals surface area contributed by atoms with Crippen LogP contribution >= 0.6 is 23.4 Å². The van der Waals surface area contributed by atoms with E-state index in [1.807, 2.05) is 12.1 Å². The Bertz CT molecular complexity index is 629. The lowest BCUT2D eigenvalue weighted by molar-refractivity contribution is -0.119. The van der Waals surface area contributed by atoms with Crippen molar-refractivity contribution >= 4 is 29.3 Å². The van der Waals surface area contributed by atoms with Crippen LogP contribution in [0.1, 0.15) is 26.7 Å². The Balaban J connectivity index is 1.91. The van der Waals surface area contributed by atoms with E-state index in [9.17, 15) is 4.79 Å². The molecule has 0 spiro atoms. The summed E-state index contributed by atoms with van der Waals surface area (Å²) in [4.78, 5) is 11.8. The first-order chi connectivity index (χ1) is 10.6. The molecule has 0 saturated heterocycles. The number of thioether (sulfide) groups is 1. The largest absolute Gasteiger partial charge is 0.411 e. The molecular formula is C15H18ClN3O2S. The molecule has 1 N–H and O–H groups in total. The molecule has 0 bridgehead atoms. The van der Waals surface area contributed by atoms with Gasteiger partial charge in [-0.3, -0.25) is 4.79 Å². The second-order valence-corrected chi connectivity index (χ2v) is 6.12. The highest BCUT2D eigenvalue weighted by Crippen LogP contribution is 2.24. The van der Waals surface area contributed by atoms with Crippen molar-refractivity contribution in [2.75, 3.05) is 5.75 Å². The third-order valence-corrected chi connectivity index (χ3v) is 4.21. The topological polar surface area (TPSA) is 68.0 Å². The van der Waals surface area contributed by atoms with Gasteiger partial charge in [-0.2, -0.15) is 0 Å². The van der Waals surface area contributed by atoms with Crippen molar-refractivity contribution in [2.45, 2.75) is 38.0 Å². The number of amides is 1. The van der Waals surface area contributed by atoms with Gasteiger partial charge in [0.05, 0.1) is 5.75 Å². The van der Waals surface area contributed by atoms with Crippen LogP contribution in [0, 0.1) is 0 Å². The van der Waals surface area contributed by atoms with Gasteiger partial charge in [-0.15, -0.1) is 10.2 Å². The average molecular weight is 340 g/mol. The third kappa shape index (κ3) is 4.74. The van der Waals surface area contributed by atoms with Crippen molar-refractivity contribution in [3.05, 3.63) is 29.3 Å². The van der Waals surface area contributed by atoms with Crippen molar-refractivity contribution < 1.29 is 9.21 Å². The Morgan fingerprint density at radius 2 is 2.14 bits per heavy atom. The zero-order valence-corrected chi connectivity index (χ0v) is 14.1. The number of carbonyl (C=O) groups excluding carboxylic acids is 1. The van der Waals surface area contributed by atoms with Crippen molar-refractivity contribution in [1.29, 1.82) is 0 Å². The molecule has 7 heteroatoms. The third-order valence-electron chi connectivity index (χ3n) is 3.16. The second kappa shape index (κ2) is 8.19. The van der Waals surface area contributed by atoms with Gasteiger partial charge >= 0.3 is 0 Å². The Morgan fingerprint density at radius 1 is 1.36 bits per heavy atom. The molecule has 0 aliphatic heterocycles. The van der Waals surface area contributed by atoms with E-state index in [1.165, 1.54) is 11.8 Å². The Hall–Kier alpha value is -1.53. The monoisotopic (exact) mass is 339 g/mol. The smallest absolute Gasteiger partial charge is 0.277 e. The van der Waals surface area contributed by atoms with Crippen molar-refractivity contribution in [3.8, 4) is 11.5 Å². The minimum Gasteiger partial charge on any atom is -0.411 e. The zero-order chi connectivity index (χ0) is 15.9. The van der Waals surface area contributed by atoms with E-state index in [-0.39, 0.29) is 17.7 Å². The molecule has 1 aromatic carbocycles. The van der Waals surface area contributed by atoms with E-state index in [0.29, 0.717) is 16.1 Å². The highest BCUT2D eigenvalue weighted by Gasteiger charge is 2.13. The second-order valence-electron chi connectivity index (χ2n) is 4.75. The molecule has 1 aromatic heterocycles. The molecule has 2 aromatic rings. The van der Waals surface area contributed by atoms with E-state index in [2.05, 4.69) is 29.4 Å². The summed E-state index contributed by atoms with van der Waals surface area (Å²) in [6, 6.07) is 7.41. The highest BCUT2D eigenvalue weighted by molar-refractivity contribution is 7.99. The molecule has 0 aliphatic rings. The van der Waals surface area contributed by atoms with E-state index in [0.717, 1.165) is 18.4 Å². The molecule has 0 unspecified atom stereocenters. The van der Waals surface area contributed by atoms with E-state index in [1.54, 1.807) is 12.1 Å². The normalized spacial score (nSPS) is 10.9. The highest BCUT2D eigenvalue weighted by atomic mass is 35.5. The number of rotatable bonds is 7. The van der Waals surface area contributed by atoms with Gasteiger partial charge in [-0.25, -0.2) is 0 Å². The molecule has 22 heavy (non-hydrogen) atoms. The first-order valence-corrected chi connectivity index (χ1v) is 8.50. The molecule has 118 valence electrons. The number of nitrogens with zero attached hydrogens (tertiary/aromatic N) is 2. The summed E-state index contributed by atoms with van der Waals surface area (Å²) >= 11 is 7.16. The van der Waals surface area contributed by atoms with Crippen LogP contribution in [-0.2, 0) is 4.79 Å². The fourth-order valence-corrected chi connectivity index (χ4v) is 2.66. The predicted molar refractivity (Wildman–Crippen MR) is 88.0 cm³/mol. The number of aromatic nitrogens is 2. The fraction of sp³-hybridized carbons (Fsp3) is 0.400. The number of halogens is 1. The maximum Gasteiger partial charge on any atom is 0.277 e. The molecule has 1 amide bonds. The minimum atomic E-state index is -0.0267. The van der Waals surface area contributed by atoms with E-state index in [4.69, 9.17) is 16.0 Å². The van der Waals surface area contributed by atoms with Crippen LogP contribution < -0.4 is 5.32 Å². The summed E-state index contributed by atoms with van der Waals surface area (Å²) in [5.41, 5.74) is 0.758. The zero-order valence-electron chi connectivity index (χ0n) is 12.5. The molecule has 0 radical (unpaired) electrons. The predicted octanol–water partition coefficient (Wildman–Crippen LogP) is 3.79. The summed E-state index contributed by atoms with van der Waals surface area (Å²) in [6.07, 6.45) is 1.85. The average Bonchev–Trinajstić information content (AvgIpc) is 2.99. The molecule has 0 aliphatic carbocycles. The van der Waals surface area contributed by atoms with Gasteiger partial charge in [0.1, 0.15) is 0 Å². The van der Waals surface area contributed by atoms with Crippen molar-refractivity contribution in [3.63, 3.8) is 0 Å². The first-order valence-electron chi connectivity index (χ1n) is 7.14. The van der Waals surface area contributed by atoms with Gasteiger partial charge in [0, 0.05) is 16.6 Å². The molecule has 1 heterocycles. The van der Waals surface area contributed by atoms with Crippen molar-refractivity contribution in [1.82, 2.24) is 15.5 Å². The lowest BCUT2D eigenvalue weighted by atomic mass is 10.2. The number of hydrogen-bond acceptors (Lipinski definition) is 5. The first kappa shape index (κ1) is 16.8. The quantitative estimate of drug-likeness (QED) is 0.777. The van der Waals surface area contributed by atoms with Gasteiger partial charge in [-0.1, -0.05) is 43.3 Å². The van der Waals surface area contributed by atoms with Gasteiger partial charge < -0.3 is 9.73 Å². The Morgan fingerprint density at radius 3 is 2.82 bits per heavy atom. The maximum absolute atomic E-state index is 11.8. The van der Waals surface area contributed by atoms with Gasteiger partial charge in [0.2, 0.25) is 11.8 Å². The number of benzene rings is 1. The lowest BCUT2D eigenvalue weighted by Gasteiger charge is -2.13. The Kier molecular flexibility index (Phi) is 6.27. The van der Waals surface area contributed by atoms with Gasteiger partial charge in [-0.05, 0) is 31.0 Å². The summed E-state index contributed by atoms with van der Waals surface area (Å²) in [7, 11) is 0. The molecule has 2 rings (SSSR count). The van der Waals surface area contributed by atoms with E-state index < -0.39 is 0 Å². The molecule has 5 nitrogen and oxygen atoms in total. The van der Waals surface area contributed by atoms with Crippen LogP contribution in [0.4, 0.5) is 0 Å². The summed E-state index contributed by atoms with van der Waals surface area (Å²) in [5.74, 6) is 0.625. The number of carbonyl (C=O) groups is 1. The summed E-state index contributed by atoms with van der Waals surface area (Å²) < 4.78 is 5.53.